The monoisotopic (exact) mass is 317 g/mol. The molecule has 0 radical (unpaired) electrons. The Hall–Kier alpha value is -1.95. The highest BCUT2D eigenvalue weighted by Crippen LogP contribution is 2.18. The molecule has 0 atom stereocenters. The predicted octanol–water partition coefficient (Wildman–Crippen LogP) is 1.33. The molecule has 6 nitrogen and oxygen atoms in total. The third kappa shape index (κ3) is 5.03. The normalized spacial score (nSPS) is 15.7. The second-order valence-electron chi connectivity index (χ2n) is 6.24. The summed E-state index contributed by atoms with van der Waals surface area (Å²) in [6.07, 6.45) is 1.69. The number of nitrogens with zero attached hydrogens (tertiary/aromatic N) is 4. The van der Waals surface area contributed by atoms with Gasteiger partial charge in [-0.1, -0.05) is 19.9 Å². The molecule has 1 aliphatic heterocycles. The lowest BCUT2D eigenvalue weighted by Crippen LogP contribution is -2.49. The first-order valence-electron chi connectivity index (χ1n) is 8.20. The summed E-state index contributed by atoms with van der Waals surface area (Å²) in [6, 6.07) is 2.04. The number of aryl methyl sites for hydroxylation is 1. The van der Waals surface area contributed by atoms with Crippen molar-refractivity contribution in [1.82, 2.24) is 20.2 Å². The first-order valence-corrected chi connectivity index (χ1v) is 8.20. The number of hydrogen-bond donors (Lipinski definition) is 1. The Morgan fingerprint density at radius 1 is 1.35 bits per heavy atom. The van der Waals surface area contributed by atoms with Crippen molar-refractivity contribution in [2.75, 3.05) is 44.2 Å². The standard InChI is InChI=1S/C17H27N5O/c1-5-6-18-16(23)12-21-7-9-22(10-8-21)15-11-14(4)19-17(20-15)13(2)3/h5,11,13H,1,6-10,12H2,2-4H3,(H,18,23). The van der Waals surface area contributed by atoms with E-state index in [0.29, 0.717) is 19.0 Å². The fraction of sp³-hybridized carbons (Fsp3) is 0.588. The Morgan fingerprint density at radius 3 is 2.65 bits per heavy atom. The van der Waals surface area contributed by atoms with Crippen molar-refractivity contribution >= 4 is 11.7 Å². The van der Waals surface area contributed by atoms with Crippen molar-refractivity contribution in [2.45, 2.75) is 26.7 Å². The second-order valence-corrected chi connectivity index (χ2v) is 6.24. The summed E-state index contributed by atoms with van der Waals surface area (Å²) in [7, 11) is 0. The zero-order valence-electron chi connectivity index (χ0n) is 14.4. The number of rotatable bonds is 6. The Balaban J connectivity index is 1.91. The largest absolute Gasteiger partial charge is 0.354 e. The first-order chi connectivity index (χ1) is 11.0. The van der Waals surface area contributed by atoms with Crippen molar-refractivity contribution in [2.24, 2.45) is 0 Å². The third-order valence-electron chi connectivity index (χ3n) is 3.88. The van der Waals surface area contributed by atoms with Gasteiger partial charge in [-0.3, -0.25) is 9.69 Å². The molecule has 1 aliphatic rings. The molecule has 1 aromatic rings. The molecule has 2 rings (SSSR count). The Bertz CT molecular complexity index is 550. The van der Waals surface area contributed by atoms with Crippen molar-refractivity contribution in [3.63, 3.8) is 0 Å². The number of nitrogens with one attached hydrogen (secondary N) is 1. The quantitative estimate of drug-likeness (QED) is 0.802. The maximum atomic E-state index is 11.8. The molecule has 0 bridgehead atoms. The van der Waals surface area contributed by atoms with E-state index in [0.717, 1.165) is 43.5 Å². The molecule has 1 amide bonds. The van der Waals surface area contributed by atoms with Crippen LogP contribution in [0.1, 0.15) is 31.3 Å². The topological polar surface area (TPSA) is 61.4 Å². The van der Waals surface area contributed by atoms with Gasteiger partial charge in [0, 0.05) is 50.4 Å². The maximum Gasteiger partial charge on any atom is 0.234 e. The van der Waals surface area contributed by atoms with Crippen LogP contribution in [0.25, 0.3) is 0 Å². The molecule has 23 heavy (non-hydrogen) atoms. The molecule has 0 unspecified atom stereocenters. The van der Waals surface area contributed by atoms with E-state index >= 15 is 0 Å². The summed E-state index contributed by atoms with van der Waals surface area (Å²) in [5, 5.41) is 2.82. The van der Waals surface area contributed by atoms with Gasteiger partial charge >= 0.3 is 0 Å². The summed E-state index contributed by atoms with van der Waals surface area (Å²) >= 11 is 0. The van der Waals surface area contributed by atoms with Gasteiger partial charge in [-0.25, -0.2) is 9.97 Å². The lowest BCUT2D eigenvalue weighted by atomic mass is 10.2. The minimum atomic E-state index is 0.0540. The summed E-state index contributed by atoms with van der Waals surface area (Å²) in [5.74, 6) is 2.27. The summed E-state index contributed by atoms with van der Waals surface area (Å²) in [5.41, 5.74) is 1.00. The number of carbonyl (C=O) groups excluding carboxylic acids is 1. The molecule has 126 valence electrons. The van der Waals surface area contributed by atoms with Crippen LogP contribution in [-0.4, -0.2) is 60.0 Å². The number of piperazine rings is 1. The Kier molecular flexibility index (Phi) is 6.10. The highest BCUT2D eigenvalue weighted by Gasteiger charge is 2.20. The number of hydrogen-bond acceptors (Lipinski definition) is 5. The minimum Gasteiger partial charge on any atom is -0.354 e. The van der Waals surface area contributed by atoms with Crippen molar-refractivity contribution in [1.29, 1.82) is 0 Å². The maximum absolute atomic E-state index is 11.8. The van der Waals surface area contributed by atoms with E-state index in [1.165, 1.54) is 0 Å². The minimum absolute atomic E-state index is 0.0540. The predicted molar refractivity (Wildman–Crippen MR) is 92.7 cm³/mol. The van der Waals surface area contributed by atoms with E-state index in [-0.39, 0.29) is 5.91 Å². The van der Waals surface area contributed by atoms with E-state index < -0.39 is 0 Å². The van der Waals surface area contributed by atoms with Crippen molar-refractivity contribution in [3.05, 3.63) is 30.2 Å². The van der Waals surface area contributed by atoms with Crippen LogP contribution in [0.15, 0.2) is 18.7 Å². The van der Waals surface area contributed by atoms with E-state index in [9.17, 15) is 4.79 Å². The van der Waals surface area contributed by atoms with Crippen LogP contribution in [0.4, 0.5) is 5.82 Å². The molecule has 0 aliphatic carbocycles. The van der Waals surface area contributed by atoms with Crippen LogP contribution >= 0.6 is 0 Å². The van der Waals surface area contributed by atoms with Crippen molar-refractivity contribution < 1.29 is 4.79 Å². The molecule has 1 fully saturated rings. The fourth-order valence-corrected chi connectivity index (χ4v) is 2.57. The zero-order valence-corrected chi connectivity index (χ0v) is 14.4. The Labute approximate surface area is 138 Å². The van der Waals surface area contributed by atoms with Crippen molar-refractivity contribution in [3.8, 4) is 0 Å². The number of carbonyl (C=O) groups is 1. The summed E-state index contributed by atoms with van der Waals surface area (Å²) in [4.78, 5) is 25.4. The highest BCUT2D eigenvalue weighted by molar-refractivity contribution is 5.78. The molecule has 1 aromatic heterocycles. The Morgan fingerprint density at radius 2 is 2.04 bits per heavy atom. The molecular weight excluding hydrogens is 290 g/mol. The lowest BCUT2D eigenvalue weighted by Gasteiger charge is -2.35. The number of amides is 1. The molecule has 1 N–H and O–H groups in total. The van der Waals surface area contributed by atoms with Crippen LogP contribution in [0.2, 0.25) is 0 Å². The molecule has 1 saturated heterocycles. The van der Waals surface area contributed by atoms with Crippen LogP contribution in [0.5, 0.6) is 0 Å². The number of anilines is 1. The van der Waals surface area contributed by atoms with Crippen LogP contribution in [0.3, 0.4) is 0 Å². The van der Waals surface area contributed by atoms with Gasteiger partial charge in [0.05, 0.1) is 6.54 Å². The van der Waals surface area contributed by atoms with E-state index in [1.54, 1.807) is 6.08 Å². The molecule has 0 spiro atoms. The van der Waals surface area contributed by atoms with Crippen LogP contribution in [0, 0.1) is 6.92 Å². The van der Waals surface area contributed by atoms with Crippen LogP contribution < -0.4 is 10.2 Å². The van der Waals surface area contributed by atoms with Gasteiger partial charge in [-0.15, -0.1) is 6.58 Å². The third-order valence-corrected chi connectivity index (χ3v) is 3.88. The average Bonchev–Trinajstić information content (AvgIpc) is 2.53. The van der Waals surface area contributed by atoms with E-state index in [4.69, 9.17) is 0 Å². The summed E-state index contributed by atoms with van der Waals surface area (Å²) in [6.45, 7) is 14.3. The highest BCUT2D eigenvalue weighted by atomic mass is 16.2. The van der Waals surface area contributed by atoms with Gasteiger partial charge in [0.25, 0.3) is 0 Å². The number of aromatic nitrogens is 2. The second kappa shape index (κ2) is 8.06. The van der Waals surface area contributed by atoms with Gasteiger partial charge in [-0.2, -0.15) is 0 Å². The van der Waals surface area contributed by atoms with E-state index in [1.807, 2.05) is 13.0 Å². The van der Waals surface area contributed by atoms with Gasteiger partial charge in [0.2, 0.25) is 5.91 Å². The van der Waals surface area contributed by atoms with Gasteiger partial charge in [-0.05, 0) is 6.92 Å². The zero-order chi connectivity index (χ0) is 16.8. The lowest BCUT2D eigenvalue weighted by molar-refractivity contribution is -0.122. The summed E-state index contributed by atoms with van der Waals surface area (Å²) < 4.78 is 0. The van der Waals surface area contributed by atoms with Gasteiger partial charge < -0.3 is 10.2 Å². The first kappa shape index (κ1) is 17.4. The molecule has 6 heteroatoms. The average molecular weight is 317 g/mol. The van der Waals surface area contributed by atoms with Crippen LogP contribution in [-0.2, 0) is 4.79 Å². The SMILES string of the molecule is C=CCNC(=O)CN1CCN(c2cc(C)nc(C(C)C)n2)CC1. The smallest absolute Gasteiger partial charge is 0.234 e. The molecule has 0 aromatic carbocycles. The molecule has 2 heterocycles. The fourth-order valence-electron chi connectivity index (χ4n) is 2.57. The van der Waals surface area contributed by atoms with Gasteiger partial charge in [0.15, 0.2) is 0 Å². The van der Waals surface area contributed by atoms with Gasteiger partial charge in [0.1, 0.15) is 11.6 Å². The van der Waals surface area contributed by atoms with E-state index in [2.05, 4.69) is 45.5 Å². The molecule has 0 saturated carbocycles. The molecular formula is C17H27N5O.